The number of thiophene rings is 1. The predicted octanol–water partition coefficient (Wildman–Crippen LogP) is 3.67. The number of carbonyl (C=O) groups excluding carboxylic acids is 1. The van der Waals surface area contributed by atoms with Crippen LogP contribution in [0, 0.1) is 0 Å². The van der Waals surface area contributed by atoms with E-state index >= 15 is 0 Å². The van der Waals surface area contributed by atoms with Gasteiger partial charge in [-0.2, -0.15) is 0 Å². The SMILES string of the molecule is CCNC(=O)c1ccc(CNC(=NC)NCC(O)c2cc3ccccc3s2)cc1.I. The fraction of sp³-hybridized carbons (Fsp3) is 0.273. The maximum atomic E-state index is 11.8. The molecule has 0 aliphatic rings. The van der Waals surface area contributed by atoms with Gasteiger partial charge in [-0.05, 0) is 42.1 Å². The highest BCUT2D eigenvalue weighted by Crippen LogP contribution is 2.29. The lowest BCUT2D eigenvalue weighted by molar-refractivity contribution is 0.0956. The molecule has 0 bridgehead atoms. The van der Waals surface area contributed by atoms with Gasteiger partial charge in [-0.3, -0.25) is 9.79 Å². The minimum atomic E-state index is -0.609. The third-order valence-corrected chi connectivity index (χ3v) is 5.69. The Morgan fingerprint density at radius 3 is 2.50 bits per heavy atom. The first-order chi connectivity index (χ1) is 14.1. The van der Waals surface area contributed by atoms with Gasteiger partial charge in [0, 0.05) is 41.8 Å². The number of halogens is 1. The summed E-state index contributed by atoms with van der Waals surface area (Å²) in [4.78, 5) is 16.9. The molecule has 3 aromatic rings. The number of aliphatic hydroxyl groups is 1. The Bertz CT molecular complexity index is 955. The normalized spacial score (nSPS) is 12.2. The fourth-order valence-corrected chi connectivity index (χ4v) is 3.95. The van der Waals surface area contributed by atoms with Crippen molar-refractivity contribution in [2.75, 3.05) is 20.1 Å². The second-order valence-electron chi connectivity index (χ2n) is 6.57. The predicted molar refractivity (Wildman–Crippen MR) is 135 cm³/mol. The average Bonchev–Trinajstić information content (AvgIpc) is 3.18. The van der Waals surface area contributed by atoms with Crippen molar-refractivity contribution >= 4 is 57.3 Å². The first kappa shape index (κ1) is 24.1. The van der Waals surface area contributed by atoms with E-state index in [4.69, 9.17) is 0 Å². The van der Waals surface area contributed by atoms with Crippen LogP contribution in [0.1, 0.15) is 33.8 Å². The van der Waals surface area contributed by atoms with Crippen LogP contribution in [0.3, 0.4) is 0 Å². The number of fused-ring (bicyclic) bond motifs is 1. The van der Waals surface area contributed by atoms with Gasteiger partial charge in [0.15, 0.2) is 5.96 Å². The number of amides is 1. The van der Waals surface area contributed by atoms with E-state index in [2.05, 4.69) is 27.0 Å². The first-order valence-electron chi connectivity index (χ1n) is 9.59. The molecule has 1 heterocycles. The van der Waals surface area contributed by atoms with Gasteiger partial charge in [-0.15, -0.1) is 35.3 Å². The Labute approximate surface area is 197 Å². The van der Waals surface area contributed by atoms with Crippen LogP contribution < -0.4 is 16.0 Å². The lowest BCUT2D eigenvalue weighted by atomic mass is 10.1. The third kappa shape index (κ3) is 6.41. The zero-order valence-electron chi connectivity index (χ0n) is 17.0. The number of hydrogen-bond acceptors (Lipinski definition) is 4. The molecule has 4 N–H and O–H groups in total. The van der Waals surface area contributed by atoms with Crippen molar-refractivity contribution in [2.45, 2.75) is 19.6 Å². The van der Waals surface area contributed by atoms with Gasteiger partial charge in [-0.1, -0.05) is 30.3 Å². The molecule has 0 spiro atoms. The zero-order valence-corrected chi connectivity index (χ0v) is 20.2. The Balaban J connectivity index is 0.00000320. The van der Waals surface area contributed by atoms with Crippen molar-refractivity contribution in [1.82, 2.24) is 16.0 Å². The molecule has 8 heteroatoms. The molecule has 2 aromatic carbocycles. The summed E-state index contributed by atoms with van der Waals surface area (Å²) in [6.07, 6.45) is -0.609. The Morgan fingerprint density at radius 2 is 1.83 bits per heavy atom. The summed E-state index contributed by atoms with van der Waals surface area (Å²) in [5.41, 5.74) is 1.68. The van der Waals surface area contributed by atoms with Crippen molar-refractivity contribution in [2.24, 2.45) is 4.99 Å². The topological polar surface area (TPSA) is 85.8 Å². The van der Waals surface area contributed by atoms with E-state index in [0.29, 0.717) is 31.2 Å². The monoisotopic (exact) mass is 538 g/mol. The second-order valence-corrected chi connectivity index (χ2v) is 7.68. The van der Waals surface area contributed by atoms with Crippen molar-refractivity contribution in [3.8, 4) is 0 Å². The number of guanidine groups is 1. The molecular weight excluding hydrogens is 511 g/mol. The van der Waals surface area contributed by atoms with Gasteiger partial charge in [0.25, 0.3) is 5.91 Å². The second kappa shape index (κ2) is 11.9. The quantitative estimate of drug-likeness (QED) is 0.210. The summed E-state index contributed by atoms with van der Waals surface area (Å²) >= 11 is 1.60. The summed E-state index contributed by atoms with van der Waals surface area (Å²) in [5, 5.41) is 20.8. The van der Waals surface area contributed by atoms with Crippen molar-refractivity contribution in [1.29, 1.82) is 0 Å². The fourth-order valence-electron chi connectivity index (χ4n) is 2.90. The third-order valence-electron chi connectivity index (χ3n) is 4.47. The van der Waals surface area contributed by atoms with Gasteiger partial charge in [0.1, 0.15) is 6.10 Å². The van der Waals surface area contributed by atoms with Crippen molar-refractivity contribution < 1.29 is 9.90 Å². The zero-order chi connectivity index (χ0) is 20.6. The Morgan fingerprint density at radius 1 is 1.10 bits per heavy atom. The molecule has 0 saturated heterocycles. The highest BCUT2D eigenvalue weighted by atomic mass is 127. The molecule has 0 saturated carbocycles. The maximum absolute atomic E-state index is 11.8. The molecule has 1 unspecified atom stereocenters. The molecule has 30 heavy (non-hydrogen) atoms. The lowest BCUT2D eigenvalue weighted by Crippen LogP contribution is -2.38. The standard InChI is InChI=1S/C22H26N4O2S.HI/c1-3-24-21(28)16-10-8-15(9-11-16)13-25-22(23-2)26-14-18(27)20-12-17-6-4-5-7-19(17)29-20;/h4-12,18,27H,3,13-14H2,1-2H3,(H,24,28)(H2,23,25,26);1H. The van der Waals surface area contributed by atoms with Gasteiger partial charge in [-0.25, -0.2) is 0 Å². The van der Waals surface area contributed by atoms with Crippen molar-refractivity contribution in [3.05, 3.63) is 70.6 Å². The van der Waals surface area contributed by atoms with E-state index in [0.717, 1.165) is 15.8 Å². The molecule has 0 radical (unpaired) electrons. The highest BCUT2D eigenvalue weighted by molar-refractivity contribution is 14.0. The highest BCUT2D eigenvalue weighted by Gasteiger charge is 2.12. The molecule has 160 valence electrons. The van der Waals surface area contributed by atoms with E-state index in [9.17, 15) is 9.90 Å². The van der Waals surface area contributed by atoms with Gasteiger partial charge < -0.3 is 21.1 Å². The van der Waals surface area contributed by atoms with Gasteiger partial charge in [0.05, 0.1) is 0 Å². The van der Waals surface area contributed by atoms with E-state index < -0.39 is 6.10 Å². The Kier molecular flexibility index (Phi) is 9.54. The minimum absolute atomic E-state index is 0. The summed E-state index contributed by atoms with van der Waals surface area (Å²) in [7, 11) is 1.69. The number of hydrogen-bond donors (Lipinski definition) is 4. The maximum Gasteiger partial charge on any atom is 0.251 e. The largest absolute Gasteiger partial charge is 0.386 e. The van der Waals surface area contributed by atoms with Crippen molar-refractivity contribution in [3.63, 3.8) is 0 Å². The van der Waals surface area contributed by atoms with Crippen LogP contribution in [0.2, 0.25) is 0 Å². The van der Waals surface area contributed by atoms with E-state index in [1.165, 1.54) is 4.70 Å². The minimum Gasteiger partial charge on any atom is -0.386 e. The molecule has 0 aliphatic heterocycles. The lowest BCUT2D eigenvalue weighted by Gasteiger charge is -2.15. The number of rotatable bonds is 7. The van der Waals surface area contributed by atoms with Crippen LogP contribution >= 0.6 is 35.3 Å². The molecular formula is C22H27IN4O2S. The van der Waals surface area contributed by atoms with Crippen LogP contribution in [0.4, 0.5) is 0 Å². The van der Waals surface area contributed by atoms with Crippen LogP contribution in [0.15, 0.2) is 59.6 Å². The number of nitrogens with zero attached hydrogens (tertiary/aromatic N) is 1. The molecule has 0 aliphatic carbocycles. The molecule has 3 rings (SSSR count). The van der Waals surface area contributed by atoms with Crippen LogP contribution in [0.5, 0.6) is 0 Å². The number of carbonyl (C=O) groups is 1. The van der Waals surface area contributed by atoms with Crippen LogP contribution in [0.25, 0.3) is 10.1 Å². The smallest absolute Gasteiger partial charge is 0.251 e. The number of aliphatic hydroxyl groups excluding tert-OH is 1. The number of nitrogens with one attached hydrogen (secondary N) is 3. The first-order valence-corrected chi connectivity index (χ1v) is 10.4. The van der Waals surface area contributed by atoms with Crippen LogP contribution in [-0.2, 0) is 6.54 Å². The van der Waals surface area contributed by atoms with Crippen LogP contribution in [-0.4, -0.2) is 37.1 Å². The van der Waals surface area contributed by atoms with Gasteiger partial charge in [0.2, 0.25) is 0 Å². The number of benzene rings is 2. The summed E-state index contributed by atoms with van der Waals surface area (Å²) < 4.78 is 1.17. The summed E-state index contributed by atoms with van der Waals surface area (Å²) in [6, 6.07) is 17.6. The summed E-state index contributed by atoms with van der Waals surface area (Å²) in [6.45, 7) is 3.43. The van der Waals surface area contributed by atoms with E-state index in [1.54, 1.807) is 18.4 Å². The van der Waals surface area contributed by atoms with Gasteiger partial charge >= 0.3 is 0 Å². The molecule has 0 fully saturated rings. The molecule has 1 atom stereocenters. The van der Waals surface area contributed by atoms with E-state index in [1.807, 2.05) is 55.5 Å². The molecule has 6 nitrogen and oxygen atoms in total. The molecule has 1 aromatic heterocycles. The summed E-state index contributed by atoms with van der Waals surface area (Å²) in [5.74, 6) is 0.540. The number of aliphatic imine (C=N–C) groups is 1. The average molecular weight is 538 g/mol. The molecule has 1 amide bonds. The Hall–Kier alpha value is -2.17. The van der Waals surface area contributed by atoms with E-state index in [-0.39, 0.29) is 29.9 Å².